The summed E-state index contributed by atoms with van der Waals surface area (Å²) in [4.78, 5) is 17.0. The molecule has 0 N–H and O–H groups in total. The molecule has 2 aromatic carbocycles. The zero-order chi connectivity index (χ0) is 22.6. The van der Waals surface area contributed by atoms with E-state index in [0.29, 0.717) is 42.6 Å². The third-order valence-corrected chi connectivity index (χ3v) is 7.96. The first-order valence-corrected chi connectivity index (χ1v) is 12.6. The third kappa shape index (κ3) is 5.54. The summed E-state index contributed by atoms with van der Waals surface area (Å²) in [5, 5.41) is 3.27. The van der Waals surface area contributed by atoms with E-state index in [4.69, 9.17) is 21.1 Å². The predicted octanol–water partition coefficient (Wildman–Crippen LogP) is 3.77. The highest BCUT2D eigenvalue weighted by atomic mass is 35.5. The molecule has 168 valence electrons. The van der Waals surface area contributed by atoms with E-state index in [9.17, 15) is 13.2 Å². The number of rotatable bonds is 7. The van der Waals surface area contributed by atoms with Crippen LogP contribution in [0.15, 0.2) is 58.8 Å². The second-order valence-corrected chi connectivity index (χ2v) is 10.4. The van der Waals surface area contributed by atoms with Crippen molar-refractivity contribution in [1.82, 2.24) is 9.29 Å². The second-order valence-electron chi connectivity index (χ2n) is 7.15. The number of halogens is 1. The van der Waals surface area contributed by atoms with Gasteiger partial charge in [0.15, 0.2) is 0 Å². The van der Waals surface area contributed by atoms with Gasteiger partial charge in [-0.05, 0) is 29.8 Å². The number of carbonyl (C=O) groups is 1. The Bertz CT molecular complexity index is 1190. The molecule has 0 unspecified atom stereocenters. The normalized spacial score (nSPS) is 14.9. The number of ether oxygens (including phenoxy) is 2. The molecular weight excluding hydrogens is 472 g/mol. The lowest BCUT2D eigenvalue weighted by molar-refractivity contribution is -0.144. The number of benzene rings is 2. The fourth-order valence-corrected chi connectivity index (χ4v) is 5.64. The monoisotopic (exact) mass is 492 g/mol. The number of esters is 1. The molecule has 7 nitrogen and oxygen atoms in total. The van der Waals surface area contributed by atoms with Crippen molar-refractivity contribution in [2.24, 2.45) is 0 Å². The highest BCUT2D eigenvalue weighted by molar-refractivity contribution is 7.89. The van der Waals surface area contributed by atoms with E-state index in [1.54, 1.807) is 36.4 Å². The van der Waals surface area contributed by atoms with Gasteiger partial charge in [0, 0.05) is 29.1 Å². The molecule has 1 saturated heterocycles. The van der Waals surface area contributed by atoms with Gasteiger partial charge in [-0.3, -0.25) is 4.79 Å². The Morgan fingerprint density at radius 1 is 1.16 bits per heavy atom. The van der Waals surface area contributed by atoms with Crippen LogP contribution in [0, 0.1) is 0 Å². The molecule has 0 amide bonds. The Kier molecular flexibility index (Phi) is 7.22. The summed E-state index contributed by atoms with van der Waals surface area (Å²) in [7, 11) is -3.60. The molecule has 0 spiro atoms. The lowest BCUT2D eigenvalue weighted by Gasteiger charge is -2.26. The highest BCUT2D eigenvalue weighted by Gasteiger charge is 2.26. The number of sulfonamides is 1. The minimum absolute atomic E-state index is 0.0144. The first-order valence-electron chi connectivity index (χ1n) is 9.94. The summed E-state index contributed by atoms with van der Waals surface area (Å²) in [6.07, 6.45) is 0.0376. The molecule has 0 radical (unpaired) electrons. The molecule has 1 aromatic heterocycles. The zero-order valence-corrected chi connectivity index (χ0v) is 19.5. The number of carbonyl (C=O) groups excluding carboxylic acids is 1. The van der Waals surface area contributed by atoms with Gasteiger partial charge in [-0.25, -0.2) is 13.4 Å². The van der Waals surface area contributed by atoms with Gasteiger partial charge in [-0.2, -0.15) is 4.31 Å². The predicted molar refractivity (Wildman–Crippen MR) is 122 cm³/mol. The van der Waals surface area contributed by atoms with Crippen molar-refractivity contribution in [3.05, 3.63) is 70.2 Å². The molecule has 1 fully saturated rings. The molecule has 4 rings (SSSR count). The number of hydrogen-bond donors (Lipinski definition) is 0. The largest absolute Gasteiger partial charge is 0.461 e. The minimum Gasteiger partial charge on any atom is -0.461 e. The first-order chi connectivity index (χ1) is 15.4. The van der Waals surface area contributed by atoms with E-state index in [-0.39, 0.29) is 17.9 Å². The summed E-state index contributed by atoms with van der Waals surface area (Å²) in [6.45, 7) is 1.40. The molecule has 3 aromatic rings. The Morgan fingerprint density at radius 3 is 2.66 bits per heavy atom. The van der Waals surface area contributed by atoms with E-state index < -0.39 is 16.0 Å². The molecule has 1 aliphatic rings. The molecule has 32 heavy (non-hydrogen) atoms. The van der Waals surface area contributed by atoms with E-state index in [1.807, 2.05) is 17.5 Å². The van der Waals surface area contributed by atoms with E-state index in [1.165, 1.54) is 15.6 Å². The maximum atomic E-state index is 12.8. The number of thiazole rings is 1. The van der Waals surface area contributed by atoms with Crippen molar-refractivity contribution in [3.8, 4) is 10.6 Å². The van der Waals surface area contributed by atoms with Crippen molar-refractivity contribution in [2.45, 2.75) is 17.9 Å². The van der Waals surface area contributed by atoms with Gasteiger partial charge < -0.3 is 9.47 Å². The van der Waals surface area contributed by atoms with Gasteiger partial charge in [-0.1, -0.05) is 35.9 Å². The summed E-state index contributed by atoms with van der Waals surface area (Å²) >= 11 is 7.35. The van der Waals surface area contributed by atoms with Gasteiger partial charge in [0.25, 0.3) is 0 Å². The lowest BCUT2D eigenvalue weighted by atomic mass is 10.2. The van der Waals surface area contributed by atoms with Crippen LogP contribution >= 0.6 is 22.9 Å². The van der Waals surface area contributed by atoms with Crippen LogP contribution in [0.3, 0.4) is 0 Å². The maximum absolute atomic E-state index is 12.8. The molecule has 1 aliphatic heterocycles. The summed E-state index contributed by atoms with van der Waals surface area (Å²) in [5.74, 6) is -0.431. The van der Waals surface area contributed by atoms with Crippen LogP contribution in [0.5, 0.6) is 0 Å². The van der Waals surface area contributed by atoms with E-state index in [2.05, 4.69) is 4.98 Å². The van der Waals surface area contributed by atoms with Gasteiger partial charge in [-0.15, -0.1) is 11.3 Å². The van der Waals surface area contributed by atoms with Crippen molar-refractivity contribution in [2.75, 3.05) is 26.3 Å². The molecule has 10 heteroatoms. The Morgan fingerprint density at radius 2 is 1.91 bits per heavy atom. The van der Waals surface area contributed by atoms with Crippen LogP contribution in [0.1, 0.15) is 11.3 Å². The van der Waals surface area contributed by atoms with E-state index >= 15 is 0 Å². The van der Waals surface area contributed by atoms with E-state index in [0.717, 1.165) is 10.6 Å². The topological polar surface area (TPSA) is 85.8 Å². The van der Waals surface area contributed by atoms with Gasteiger partial charge in [0.05, 0.1) is 30.2 Å². The van der Waals surface area contributed by atoms with Crippen LogP contribution < -0.4 is 0 Å². The Hall–Kier alpha value is -2.30. The van der Waals surface area contributed by atoms with Crippen LogP contribution in [0.25, 0.3) is 10.6 Å². The number of nitrogens with zero attached hydrogens (tertiary/aromatic N) is 2. The average Bonchev–Trinajstić information content (AvgIpc) is 3.27. The smallest absolute Gasteiger partial charge is 0.312 e. The minimum atomic E-state index is -3.60. The van der Waals surface area contributed by atoms with Crippen LogP contribution in [0.4, 0.5) is 0 Å². The molecular formula is C22H21ClN2O5S2. The third-order valence-electron chi connectivity index (χ3n) is 4.87. The molecule has 0 aliphatic carbocycles. The number of hydrogen-bond acceptors (Lipinski definition) is 7. The van der Waals surface area contributed by atoms with Crippen LogP contribution in [-0.2, 0) is 37.3 Å². The fourth-order valence-electron chi connectivity index (χ4n) is 3.21. The SMILES string of the molecule is O=C(Cc1csc(-c2ccc(Cl)cc2)n1)OCc1cccc(S(=O)(=O)N2CCOCC2)c1. The number of aromatic nitrogens is 1. The quantitative estimate of drug-likeness (QED) is 0.467. The molecule has 2 heterocycles. The molecule has 0 bridgehead atoms. The van der Waals surface area contributed by atoms with Crippen molar-refractivity contribution >= 4 is 38.9 Å². The van der Waals surface area contributed by atoms with Crippen molar-refractivity contribution in [3.63, 3.8) is 0 Å². The second kappa shape index (κ2) is 10.1. The standard InChI is InChI=1S/C22H21ClN2O5S2/c23-18-6-4-17(5-7-18)22-24-19(15-31-22)13-21(26)30-14-16-2-1-3-20(12-16)32(27,28)25-8-10-29-11-9-25/h1-7,12,15H,8-11,13-14H2. The Labute approximate surface area is 195 Å². The van der Waals surface area contributed by atoms with Gasteiger partial charge in [0.1, 0.15) is 11.6 Å². The maximum Gasteiger partial charge on any atom is 0.312 e. The van der Waals surface area contributed by atoms with Gasteiger partial charge in [0.2, 0.25) is 10.0 Å². The van der Waals surface area contributed by atoms with Crippen molar-refractivity contribution < 1.29 is 22.7 Å². The highest BCUT2D eigenvalue weighted by Crippen LogP contribution is 2.25. The van der Waals surface area contributed by atoms with Crippen LogP contribution in [0.2, 0.25) is 5.02 Å². The number of morpholine rings is 1. The lowest BCUT2D eigenvalue weighted by Crippen LogP contribution is -2.40. The van der Waals surface area contributed by atoms with Crippen molar-refractivity contribution in [1.29, 1.82) is 0 Å². The zero-order valence-electron chi connectivity index (χ0n) is 17.1. The Balaban J connectivity index is 1.35. The summed E-state index contributed by atoms with van der Waals surface area (Å²) in [5.41, 5.74) is 2.15. The molecule has 0 atom stereocenters. The molecule has 0 saturated carbocycles. The average molecular weight is 493 g/mol. The first kappa shape index (κ1) is 22.9. The summed E-state index contributed by atoms with van der Waals surface area (Å²) < 4.78 is 37.6. The summed E-state index contributed by atoms with van der Waals surface area (Å²) in [6, 6.07) is 13.8. The van der Waals surface area contributed by atoms with Gasteiger partial charge >= 0.3 is 5.97 Å². The van der Waals surface area contributed by atoms with Crippen LogP contribution in [-0.4, -0.2) is 50.0 Å². The fraction of sp³-hybridized carbons (Fsp3) is 0.273.